The van der Waals surface area contributed by atoms with Crippen LogP contribution >= 0.6 is 0 Å². The van der Waals surface area contributed by atoms with Crippen LogP contribution in [0.25, 0.3) is 0 Å². The predicted octanol–water partition coefficient (Wildman–Crippen LogP) is 3.59. The summed E-state index contributed by atoms with van der Waals surface area (Å²) in [6.07, 6.45) is 7.43. The third-order valence-corrected chi connectivity index (χ3v) is 3.50. The van der Waals surface area contributed by atoms with Gasteiger partial charge in [0.1, 0.15) is 0 Å². The maximum atomic E-state index is 10.4. The van der Waals surface area contributed by atoms with Crippen LogP contribution < -0.4 is 0 Å². The van der Waals surface area contributed by atoms with Gasteiger partial charge in [-0.05, 0) is 25.7 Å². The van der Waals surface area contributed by atoms with Gasteiger partial charge in [0.05, 0.1) is 11.8 Å². The summed E-state index contributed by atoms with van der Waals surface area (Å²) in [7, 11) is 0. The molecule has 0 fully saturated rings. The zero-order chi connectivity index (χ0) is 16.0. The Balaban J connectivity index is -0.0000000432. The van der Waals surface area contributed by atoms with Crippen LogP contribution in [0.15, 0.2) is 0 Å². The smallest absolute Gasteiger partial charge is 1.00 e. The third-order valence-electron chi connectivity index (χ3n) is 3.50. The number of hydrogen-bond donors (Lipinski definition) is 2. The van der Waals surface area contributed by atoms with Crippen molar-refractivity contribution in [1.29, 1.82) is 0 Å². The van der Waals surface area contributed by atoms with E-state index in [0.717, 1.165) is 51.4 Å². The number of aliphatic carboxylic acids is 2. The van der Waals surface area contributed by atoms with Gasteiger partial charge in [-0.2, -0.15) is 0 Å². The average molecular weight is 392 g/mol. The largest absolute Gasteiger partial charge is 2.00 e. The van der Waals surface area contributed by atoms with Gasteiger partial charge in [0.2, 0.25) is 0 Å². The number of unbranched alkanes of at least 4 members (excludes halogenated alkanes) is 2. The van der Waals surface area contributed by atoms with E-state index in [1.807, 2.05) is 13.8 Å². The van der Waals surface area contributed by atoms with Crippen LogP contribution in [0.1, 0.15) is 81.9 Å². The normalized spacial score (nSPS) is 11.3. The Morgan fingerprint density at radius 1 is 0.826 bits per heavy atom. The van der Waals surface area contributed by atoms with E-state index in [9.17, 15) is 9.59 Å². The van der Waals surface area contributed by atoms with E-state index in [-0.39, 0.29) is 60.0 Å². The summed E-state index contributed by atoms with van der Waals surface area (Å²) in [5.74, 6) is -1.51. The summed E-state index contributed by atoms with van der Waals surface area (Å²) >= 11 is 0. The van der Waals surface area contributed by atoms with Crippen molar-refractivity contribution in [1.82, 2.24) is 0 Å². The summed E-state index contributed by atoms with van der Waals surface area (Å²) in [6, 6.07) is 0. The van der Waals surface area contributed by atoms with Gasteiger partial charge in [0.25, 0.3) is 0 Å². The first-order chi connectivity index (χ1) is 9.44. The number of carboxylic acids is 2. The number of carboxylic acid groups (broad SMARTS) is 2. The molecule has 141 valence electrons. The maximum absolute atomic E-state index is 10.4. The van der Waals surface area contributed by atoms with Gasteiger partial charge in [-0.25, -0.2) is 0 Å². The molecule has 0 saturated heterocycles. The van der Waals surface area contributed by atoms with Crippen molar-refractivity contribution in [3.8, 4) is 0 Å². The van der Waals surface area contributed by atoms with Crippen LogP contribution in [0, 0.1) is 11.8 Å². The monoisotopic (exact) mass is 391 g/mol. The number of rotatable bonds is 10. The molecule has 0 aromatic rings. The van der Waals surface area contributed by atoms with Crippen molar-refractivity contribution in [3.63, 3.8) is 0 Å². The first-order valence-electron chi connectivity index (χ1n) is 7.89. The molecule has 23 heavy (non-hydrogen) atoms. The third kappa shape index (κ3) is 22.2. The summed E-state index contributed by atoms with van der Waals surface area (Å²) in [4.78, 5) is 20.9. The van der Waals surface area contributed by atoms with Crippen molar-refractivity contribution in [2.24, 2.45) is 11.8 Å². The van der Waals surface area contributed by atoms with Crippen LogP contribution in [-0.4, -0.2) is 50.7 Å². The molecule has 0 aliphatic heterocycles. The Morgan fingerprint density at radius 3 is 1.22 bits per heavy atom. The van der Waals surface area contributed by atoms with Gasteiger partial charge in [0.15, 0.2) is 0 Å². The Labute approximate surface area is 170 Å². The molecule has 1 radical (unpaired) electrons. The molecule has 0 heterocycles. The van der Waals surface area contributed by atoms with Gasteiger partial charge in [0, 0.05) is 16.8 Å². The average Bonchev–Trinajstić information content (AvgIpc) is 2.40. The molecule has 0 aliphatic rings. The van der Waals surface area contributed by atoms with Crippen LogP contribution in [0.5, 0.6) is 0 Å². The van der Waals surface area contributed by atoms with E-state index in [4.69, 9.17) is 10.2 Å². The Kier molecular flexibility index (Phi) is 36.6. The molecular formula is C16H36CoMgO5. The SMILES string of the molecule is CCCCC(CC)C(=O)O.CCCCC(CC)C(=O)O.O.[Co].[H-].[H-].[Mg+2]. The molecule has 0 amide bonds. The van der Waals surface area contributed by atoms with Gasteiger partial charge in [-0.3, -0.25) is 9.59 Å². The van der Waals surface area contributed by atoms with Crippen molar-refractivity contribution in [2.45, 2.75) is 79.1 Å². The fraction of sp³-hybridized carbons (Fsp3) is 0.875. The van der Waals surface area contributed by atoms with Gasteiger partial charge >= 0.3 is 35.0 Å². The summed E-state index contributed by atoms with van der Waals surface area (Å²) in [5.41, 5.74) is 0. The fourth-order valence-electron chi connectivity index (χ4n) is 1.91. The Morgan fingerprint density at radius 2 is 1.09 bits per heavy atom. The van der Waals surface area contributed by atoms with E-state index in [0.29, 0.717) is 0 Å². The van der Waals surface area contributed by atoms with Gasteiger partial charge in [-0.15, -0.1) is 0 Å². The second kappa shape index (κ2) is 24.4. The van der Waals surface area contributed by atoms with E-state index >= 15 is 0 Å². The van der Waals surface area contributed by atoms with Crippen LogP contribution in [0.3, 0.4) is 0 Å². The van der Waals surface area contributed by atoms with E-state index < -0.39 is 11.9 Å². The summed E-state index contributed by atoms with van der Waals surface area (Å²) in [5, 5.41) is 17.2. The molecule has 2 atom stereocenters. The molecule has 0 bridgehead atoms. The van der Waals surface area contributed by atoms with Gasteiger partial charge < -0.3 is 18.5 Å². The molecular weight excluding hydrogens is 355 g/mol. The second-order valence-electron chi connectivity index (χ2n) is 5.17. The molecule has 2 unspecified atom stereocenters. The first-order valence-corrected chi connectivity index (χ1v) is 7.89. The standard InChI is InChI=1S/2C8H16O2.Co.Mg.H2O.2H/c2*1-3-5-6-7(4-2)8(9)10;;;;;/h2*7H,3-6H2,1-2H3,(H,9,10);;;1H2;;/q;;;+2;;2*-1. The number of carbonyl (C=O) groups is 2. The van der Waals surface area contributed by atoms with Gasteiger partial charge in [-0.1, -0.05) is 53.4 Å². The molecule has 0 spiro atoms. The first kappa shape index (κ1) is 34.5. The molecule has 0 aliphatic carbocycles. The fourth-order valence-corrected chi connectivity index (χ4v) is 1.91. The summed E-state index contributed by atoms with van der Waals surface area (Å²) < 4.78 is 0. The Bertz CT molecular complexity index is 249. The minimum Gasteiger partial charge on any atom is -1.00 e. The van der Waals surface area contributed by atoms with Crippen molar-refractivity contribution >= 4 is 35.0 Å². The number of hydrogen-bond acceptors (Lipinski definition) is 2. The zero-order valence-electron chi connectivity index (χ0n) is 17.1. The van der Waals surface area contributed by atoms with Crippen molar-refractivity contribution in [3.05, 3.63) is 0 Å². The minimum atomic E-state index is -0.643. The topological polar surface area (TPSA) is 106 Å². The van der Waals surface area contributed by atoms with Crippen LogP contribution in [-0.2, 0) is 26.4 Å². The van der Waals surface area contributed by atoms with Crippen molar-refractivity contribution in [2.75, 3.05) is 0 Å². The van der Waals surface area contributed by atoms with Crippen LogP contribution in [0.4, 0.5) is 0 Å². The van der Waals surface area contributed by atoms with E-state index in [1.54, 1.807) is 0 Å². The Hall–Kier alpha value is 0.173. The minimum absolute atomic E-state index is 0. The molecule has 0 saturated carbocycles. The quantitative estimate of drug-likeness (QED) is 0.555. The molecule has 5 nitrogen and oxygen atoms in total. The molecule has 0 rings (SSSR count). The predicted molar refractivity (Wildman–Crippen MR) is 93.5 cm³/mol. The molecule has 7 heteroatoms. The van der Waals surface area contributed by atoms with E-state index in [1.165, 1.54) is 0 Å². The molecule has 0 aromatic carbocycles. The summed E-state index contributed by atoms with van der Waals surface area (Å²) in [6.45, 7) is 8.01. The molecule has 0 aromatic heterocycles. The second-order valence-corrected chi connectivity index (χ2v) is 5.17. The zero-order valence-corrected chi connectivity index (χ0v) is 17.5. The maximum Gasteiger partial charge on any atom is 2.00 e. The van der Waals surface area contributed by atoms with Crippen LogP contribution in [0.2, 0.25) is 0 Å². The van der Waals surface area contributed by atoms with E-state index in [2.05, 4.69) is 13.8 Å². The van der Waals surface area contributed by atoms with Crippen molar-refractivity contribution < 1.29 is 44.9 Å². The molecule has 4 N–H and O–H groups in total.